The van der Waals surface area contributed by atoms with Gasteiger partial charge in [-0.15, -0.1) is 0 Å². The third-order valence-corrected chi connectivity index (χ3v) is 4.05. The zero-order valence-corrected chi connectivity index (χ0v) is 14.8. The fraction of sp³-hybridized carbons (Fsp3) is 0.200. The van der Waals surface area contributed by atoms with Crippen molar-refractivity contribution in [3.63, 3.8) is 0 Å². The van der Waals surface area contributed by atoms with E-state index in [2.05, 4.69) is 10.3 Å². The molecule has 1 heterocycles. The molecule has 2 N–H and O–H groups in total. The van der Waals surface area contributed by atoms with E-state index in [1.165, 1.54) is 0 Å². The summed E-state index contributed by atoms with van der Waals surface area (Å²) >= 11 is 0. The average molecular weight is 351 g/mol. The molecule has 1 amide bonds. The number of rotatable bonds is 6. The van der Waals surface area contributed by atoms with Gasteiger partial charge in [0.15, 0.2) is 0 Å². The molecular weight excluding hydrogens is 330 g/mol. The molecule has 0 saturated carbocycles. The molecule has 0 aliphatic rings. The van der Waals surface area contributed by atoms with E-state index < -0.39 is 0 Å². The Kier molecular flexibility index (Phi) is 5.34. The van der Waals surface area contributed by atoms with Crippen molar-refractivity contribution < 1.29 is 14.6 Å². The van der Waals surface area contributed by atoms with Crippen LogP contribution in [0, 0.1) is 6.92 Å². The van der Waals surface area contributed by atoms with E-state index in [9.17, 15) is 4.79 Å². The fourth-order valence-corrected chi connectivity index (χ4v) is 2.75. The summed E-state index contributed by atoms with van der Waals surface area (Å²) in [5.41, 5.74) is 3.40. The second-order valence-corrected chi connectivity index (χ2v) is 5.80. The number of aliphatic hydroxyl groups excluding tert-OH is 1. The molecule has 0 atom stereocenters. The monoisotopic (exact) mass is 351 g/mol. The van der Waals surface area contributed by atoms with E-state index in [0.29, 0.717) is 11.3 Å². The Labute approximate surface area is 152 Å². The highest BCUT2D eigenvalue weighted by molar-refractivity contribution is 5.94. The van der Waals surface area contributed by atoms with Gasteiger partial charge in [-0.25, -0.2) is 4.98 Å². The first kappa shape index (κ1) is 17.7. The van der Waals surface area contributed by atoms with Crippen molar-refractivity contribution in [1.29, 1.82) is 0 Å². The lowest BCUT2D eigenvalue weighted by molar-refractivity contribution is 0.0963. The molecule has 3 aromatic rings. The first-order chi connectivity index (χ1) is 12.6. The van der Waals surface area contributed by atoms with Crippen LogP contribution in [0.3, 0.4) is 0 Å². The number of aryl methyl sites for hydroxylation is 1. The van der Waals surface area contributed by atoms with E-state index >= 15 is 0 Å². The van der Waals surface area contributed by atoms with Gasteiger partial charge in [0.1, 0.15) is 18.2 Å². The van der Waals surface area contributed by atoms with Crippen LogP contribution in [0.25, 0.3) is 17.1 Å². The average Bonchev–Trinajstić information content (AvgIpc) is 3.16. The van der Waals surface area contributed by atoms with Gasteiger partial charge in [0.2, 0.25) is 0 Å². The molecule has 0 aliphatic carbocycles. The minimum Gasteiger partial charge on any atom is -0.491 e. The van der Waals surface area contributed by atoms with Crippen LogP contribution in [0.2, 0.25) is 0 Å². The molecule has 2 aromatic carbocycles. The number of aromatic nitrogens is 2. The third kappa shape index (κ3) is 3.60. The number of nitrogens with one attached hydrogen (secondary N) is 1. The molecule has 1 aromatic heterocycles. The lowest BCUT2D eigenvalue weighted by Crippen LogP contribution is -2.18. The van der Waals surface area contributed by atoms with Gasteiger partial charge < -0.3 is 15.2 Å². The summed E-state index contributed by atoms with van der Waals surface area (Å²) in [7, 11) is 1.61. The minimum absolute atomic E-state index is 0.0374. The summed E-state index contributed by atoms with van der Waals surface area (Å²) in [5.74, 6) is 1.28. The van der Waals surface area contributed by atoms with Gasteiger partial charge in [-0.3, -0.25) is 9.36 Å². The third-order valence-electron chi connectivity index (χ3n) is 4.05. The Morgan fingerprint density at radius 2 is 2.12 bits per heavy atom. The zero-order valence-electron chi connectivity index (χ0n) is 14.8. The molecular formula is C20H21N3O3. The normalized spacial score (nSPS) is 10.6. The SMILES string of the molecule is CNC(=O)c1ccc(C)c(-n2ccnc2-c2cccc(OCCO)c2)c1. The summed E-state index contributed by atoms with van der Waals surface area (Å²) in [4.78, 5) is 16.5. The van der Waals surface area contributed by atoms with Gasteiger partial charge in [-0.1, -0.05) is 18.2 Å². The van der Waals surface area contributed by atoms with Crippen molar-refractivity contribution in [1.82, 2.24) is 14.9 Å². The van der Waals surface area contributed by atoms with Crippen molar-refractivity contribution in [2.75, 3.05) is 20.3 Å². The van der Waals surface area contributed by atoms with Crippen molar-refractivity contribution >= 4 is 5.91 Å². The zero-order chi connectivity index (χ0) is 18.5. The Hall–Kier alpha value is -3.12. The molecule has 0 spiro atoms. The van der Waals surface area contributed by atoms with Crippen LogP contribution in [-0.4, -0.2) is 40.8 Å². The molecule has 0 radical (unpaired) electrons. The van der Waals surface area contributed by atoms with Gasteiger partial charge in [0.05, 0.1) is 12.3 Å². The first-order valence-corrected chi connectivity index (χ1v) is 8.34. The van der Waals surface area contributed by atoms with Crippen LogP contribution >= 0.6 is 0 Å². The molecule has 0 unspecified atom stereocenters. The summed E-state index contributed by atoms with van der Waals surface area (Å²) in [5, 5.41) is 11.6. The summed E-state index contributed by atoms with van der Waals surface area (Å²) in [6.45, 7) is 2.20. The van der Waals surface area contributed by atoms with Gasteiger partial charge >= 0.3 is 0 Å². The molecule has 6 nitrogen and oxygen atoms in total. The van der Waals surface area contributed by atoms with Gasteiger partial charge in [0.25, 0.3) is 5.91 Å². The number of benzene rings is 2. The molecule has 0 fully saturated rings. The largest absolute Gasteiger partial charge is 0.491 e. The predicted octanol–water partition coefficient (Wildman–Crippen LogP) is 2.58. The number of aliphatic hydroxyl groups is 1. The number of hydrogen-bond acceptors (Lipinski definition) is 4. The summed E-state index contributed by atoms with van der Waals surface area (Å²) in [6.07, 6.45) is 3.59. The van der Waals surface area contributed by atoms with Crippen LogP contribution in [-0.2, 0) is 0 Å². The molecule has 3 rings (SSSR count). The van der Waals surface area contributed by atoms with E-state index in [1.54, 1.807) is 19.3 Å². The second-order valence-electron chi connectivity index (χ2n) is 5.80. The lowest BCUT2D eigenvalue weighted by Gasteiger charge is -2.13. The molecule has 0 saturated heterocycles. The smallest absolute Gasteiger partial charge is 0.251 e. The maximum Gasteiger partial charge on any atom is 0.251 e. The number of nitrogens with zero attached hydrogens (tertiary/aromatic N) is 2. The maximum absolute atomic E-state index is 12.0. The Bertz CT molecular complexity index is 918. The summed E-state index contributed by atoms with van der Waals surface area (Å²) < 4.78 is 7.44. The van der Waals surface area contributed by atoms with Gasteiger partial charge in [0, 0.05) is 30.6 Å². The van der Waals surface area contributed by atoms with Crippen LogP contribution < -0.4 is 10.1 Å². The van der Waals surface area contributed by atoms with Crippen molar-refractivity contribution in [3.8, 4) is 22.8 Å². The highest BCUT2D eigenvalue weighted by Gasteiger charge is 2.13. The second kappa shape index (κ2) is 7.84. The van der Waals surface area contributed by atoms with E-state index in [1.807, 2.05) is 54.1 Å². The molecule has 6 heteroatoms. The quantitative estimate of drug-likeness (QED) is 0.716. The van der Waals surface area contributed by atoms with Gasteiger partial charge in [-0.2, -0.15) is 0 Å². The van der Waals surface area contributed by atoms with E-state index in [4.69, 9.17) is 9.84 Å². The number of ether oxygens (including phenoxy) is 1. The first-order valence-electron chi connectivity index (χ1n) is 8.34. The molecule has 134 valence electrons. The maximum atomic E-state index is 12.0. The van der Waals surface area contributed by atoms with Crippen molar-refractivity contribution in [2.45, 2.75) is 6.92 Å². The minimum atomic E-state index is -0.132. The van der Waals surface area contributed by atoms with E-state index in [0.717, 1.165) is 22.6 Å². The Balaban J connectivity index is 2.03. The van der Waals surface area contributed by atoms with Gasteiger partial charge in [-0.05, 0) is 36.8 Å². The van der Waals surface area contributed by atoms with Crippen LogP contribution in [0.15, 0.2) is 54.9 Å². The standard InChI is InChI=1S/C20H21N3O3/c1-14-6-7-16(20(25)21-2)13-18(14)23-9-8-22-19(23)15-4-3-5-17(12-15)26-11-10-24/h3-9,12-13,24H,10-11H2,1-2H3,(H,21,25). The highest BCUT2D eigenvalue weighted by Crippen LogP contribution is 2.27. The summed E-state index contributed by atoms with van der Waals surface area (Å²) in [6, 6.07) is 13.1. The lowest BCUT2D eigenvalue weighted by atomic mass is 10.1. The van der Waals surface area contributed by atoms with Crippen LogP contribution in [0.4, 0.5) is 0 Å². The molecule has 0 aliphatic heterocycles. The Morgan fingerprint density at radius 3 is 2.88 bits per heavy atom. The van der Waals surface area contributed by atoms with Crippen molar-refractivity contribution in [2.24, 2.45) is 0 Å². The van der Waals surface area contributed by atoms with Crippen LogP contribution in [0.1, 0.15) is 15.9 Å². The van der Waals surface area contributed by atoms with Crippen molar-refractivity contribution in [3.05, 3.63) is 66.0 Å². The number of carbonyl (C=O) groups is 1. The predicted molar refractivity (Wildman–Crippen MR) is 99.7 cm³/mol. The van der Waals surface area contributed by atoms with E-state index in [-0.39, 0.29) is 19.1 Å². The number of carbonyl (C=O) groups excluding carboxylic acids is 1. The fourth-order valence-electron chi connectivity index (χ4n) is 2.75. The highest BCUT2D eigenvalue weighted by atomic mass is 16.5. The van der Waals surface area contributed by atoms with Crippen LogP contribution in [0.5, 0.6) is 5.75 Å². The Morgan fingerprint density at radius 1 is 1.27 bits per heavy atom. The number of imidazole rings is 1. The molecule has 26 heavy (non-hydrogen) atoms. The molecule has 0 bridgehead atoms. The number of amides is 1. The number of hydrogen-bond donors (Lipinski definition) is 2. The topological polar surface area (TPSA) is 76.4 Å².